The molecule has 0 fully saturated rings. The lowest BCUT2D eigenvalue weighted by atomic mass is 10.1. The fourth-order valence-corrected chi connectivity index (χ4v) is 5.87. The summed E-state index contributed by atoms with van der Waals surface area (Å²) in [7, 11) is 0. The van der Waals surface area contributed by atoms with Gasteiger partial charge < -0.3 is 19.9 Å². The van der Waals surface area contributed by atoms with E-state index >= 15 is 0 Å². The Morgan fingerprint density at radius 2 is 1.12 bits per heavy atom. The highest BCUT2D eigenvalue weighted by Crippen LogP contribution is 2.29. The van der Waals surface area contributed by atoms with Crippen LogP contribution in [-0.4, -0.2) is 39.9 Å². The van der Waals surface area contributed by atoms with Gasteiger partial charge in [-0.05, 0) is 72.8 Å². The van der Waals surface area contributed by atoms with Crippen molar-refractivity contribution in [2.45, 2.75) is 0 Å². The lowest BCUT2D eigenvalue weighted by Gasteiger charge is -1.99. The summed E-state index contributed by atoms with van der Waals surface area (Å²) >= 11 is 0. The lowest BCUT2D eigenvalue weighted by Crippen LogP contribution is -2.11. The molecule has 8 nitrogen and oxygen atoms in total. The van der Waals surface area contributed by atoms with Crippen LogP contribution in [0.3, 0.4) is 0 Å². The Hall–Kier alpha value is -5.76. The van der Waals surface area contributed by atoms with Crippen molar-refractivity contribution in [3.63, 3.8) is 0 Å². The molecule has 0 radical (unpaired) electrons. The first-order valence-corrected chi connectivity index (χ1v) is 13.1. The van der Waals surface area contributed by atoms with Crippen LogP contribution in [0, 0.1) is 0 Å². The standard InChI is InChI=1S/C32H20N8/c1-5-17-21-13-22-18-6-2-11-35-31(18)27(38-22)16-28-32-20(8-4-12-36-32)24(40-28)15-26-30-19(7-3-10-34-30)23(39-26)14-25(37-21)29(17)33-9-1/h1-16,35,37,39-40H. The van der Waals surface area contributed by atoms with Crippen LogP contribution in [0.4, 0.5) is 0 Å². The number of aromatic amines is 4. The van der Waals surface area contributed by atoms with Crippen molar-refractivity contribution >= 4 is 57.0 Å². The minimum Gasteiger partial charge on any atom is -0.359 e. The quantitative estimate of drug-likeness (QED) is 0.248. The van der Waals surface area contributed by atoms with E-state index in [9.17, 15) is 0 Å². The third-order valence-corrected chi connectivity index (χ3v) is 7.64. The molecule has 0 saturated carbocycles. The third kappa shape index (κ3) is 3.01. The predicted molar refractivity (Wildman–Crippen MR) is 156 cm³/mol. The summed E-state index contributed by atoms with van der Waals surface area (Å²) < 4.78 is 0. The van der Waals surface area contributed by atoms with Crippen molar-refractivity contribution in [1.29, 1.82) is 0 Å². The Labute approximate surface area is 225 Å². The second-order valence-electron chi connectivity index (χ2n) is 9.97. The van der Waals surface area contributed by atoms with E-state index in [1.165, 1.54) is 0 Å². The van der Waals surface area contributed by atoms with E-state index in [4.69, 9.17) is 19.9 Å². The van der Waals surface area contributed by atoms with Crippen LogP contribution < -0.4 is 21.4 Å². The number of pyridine rings is 4. The maximum absolute atomic E-state index is 5.09. The number of aromatic nitrogens is 8. The largest absolute Gasteiger partial charge is 0.359 e. The van der Waals surface area contributed by atoms with E-state index in [1.807, 2.05) is 49.1 Å². The minimum atomic E-state index is 0.837. The van der Waals surface area contributed by atoms with Crippen molar-refractivity contribution < 1.29 is 0 Å². The summed E-state index contributed by atoms with van der Waals surface area (Å²) in [5.41, 5.74) is 8.26. The summed E-state index contributed by atoms with van der Waals surface area (Å²) in [4.78, 5) is 33.6. The number of rotatable bonds is 0. The first-order chi connectivity index (χ1) is 19.8. The van der Waals surface area contributed by atoms with Gasteiger partial charge in [-0.1, -0.05) is 0 Å². The van der Waals surface area contributed by atoms with Crippen LogP contribution >= 0.6 is 0 Å². The molecule has 0 atom stereocenters. The van der Waals surface area contributed by atoms with Gasteiger partial charge in [0.2, 0.25) is 0 Å². The molecular formula is C32H20N8. The Kier molecular flexibility index (Phi) is 4.17. The van der Waals surface area contributed by atoms with E-state index in [0.717, 1.165) is 88.1 Å². The van der Waals surface area contributed by atoms with Gasteiger partial charge in [0.05, 0.1) is 66.4 Å². The van der Waals surface area contributed by atoms with Crippen molar-refractivity contribution in [2.24, 2.45) is 0 Å². The highest BCUT2D eigenvalue weighted by Gasteiger charge is 2.17. The Bertz CT molecular complexity index is 2330. The summed E-state index contributed by atoms with van der Waals surface area (Å²) in [6.07, 6.45) is 15.8. The average Bonchev–Trinajstić information content (AvgIpc) is 3.73. The van der Waals surface area contributed by atoms with Gasteiger partial charge in [0.1, 0.15) is 0 Å². The van der Waals surface area contributed by atoms with Crippen molar-refractivity contribution in [1.82, 2.24) is 39.9 Å². The topological polar surface area (TPSA) is 115 Å². The molecular weight excluding hydrogens is 496 g/mol. The van der Waals surface area contributed by atoms with Gasteiger partial charge in [-0.25, -0.2) is 4.98 Å². The molecule has 3 aliphatic rings. The maximum Gasteiger partial charge on any atom is 0.0958 e. The normalized spacial score (nSPS) is 12.8. The fraction of sp³-hybridized carbons (Fsp3) is 0. The molecule has 0 aliphatic carbocycles. The molecule has 0 unspecified atom stereocenters. The molecule has 9 heterocycles. The lowest BCUT2D eigenvalue weighted by molar-refractivity contribution is 1.23. The number of H-pyrrole nitrogens is 4. The van der Waals surface area contributed by atoms with E-state index in [-0.39, 0.29) is 0 Å². The van der Waals surface area contributed by atoms with Crippen LogP contribution in [0.15, 0.2) is 73.3 Å². The molecule has 40 heavy (non-hydrogen) atoms. The van der Waals surface area contributed by atoms with Gasteiger partial charge >= 0.3 is 0 Å². The molecule has 0 saturated heterocycles. The molecule has 9 rings (SSSR count). The van der Waals surface area contributed by atoms with Gasteiger partial charge in [-0.3, -0.25) is 15.0 Å². The summed E-state index contributed by atoms with van der Waals surface area (Å²) in [5, 5.41) is 6.80. The zero-order valence-corrected chi connectivity index (χ0v) is 21.0. The summed E-state index contributed by atoms with van der Waals surface area (Å²) in [6, 6.07) is 16.2. The number of hydrogen-bond donors (Lipinski definition) is 4. The highest BCUT2D eigenvalue weighted by atomic mass is 14.8. The molecule has 188 valence electrons. The zero-order valence-electron chi connectivity index (χ0n) is 21.0. The number of fused-ring (bicyclic) bond motifs is 20. The van der Waals surface area contributed by atoms with Gasteiger partial charge in [0, 0.05) is 46.5 Å². The Morgan fingerprint density at radius 1 is 0.500 bits per heavy atom. The summed E-state index contributed by atoms with van der Waals surface area (Å²) in [6.45, 7) is 0. The highest BCUT2D eigenvalue weighted by molar-refractivity contribution is 5.95. The van der Waals surface area contributed by atoms with Crippen LogP contribution in [0.25, 0.3) is 68.3 Å². The van der Waals surface area contributed by atoms with Crippen LogP contribution in [0.2, 0.25) is 0 Å². The zero-order chi connectivity index (χ0) is 26.2. The smallest absolute Gasteiger partial charge is 0.0958 e. The second kappa shape index (κ2) is 7.87. The van der Waals surface area contributed by atoms with Crippen LogP contribution in [0.1, 0.15) is 22.8 Å². The SMILES string of the molecule is C1=c2[nH]c(c3ncccc23)=Cc2[nH]c(c3ncccc23)C=c2[nH]c(c3ncccc23)=Cc2nc1c1ccc[nH]c2-1. The second-order valence-corrected chi connectivity index (χ2v) is 9.97. The summed E-state index contributed by atoms with van der Waals surface area (Å²) in [5.74, 6) is 0. The first-order valence-electron chi connectivity index (χ1n) is 13.1. The average molecular weight is 517 g/mol. The molecule has 6 aromatic rings. The molecule has 6 aromatic heterocycles. The van der Waals surface area contributed by atoms with Crippen molar-refractivity contribution in [3.05, 3.63) is 117 Å². The maximum atomic E-state index is 5.09. The van der Waals surface area contributed by atoms with Gasteiger partial charge in [-0.2, -0.15) is 0 Å². The van der Waals surface area contributed by atoms with Gasteiger partial charge in [0.25, 0.3) is 0 Å². The molecule has 0 spiro atoms. The third-order valence-electron chi connectivity index (χ3n) is 7.64. The molecule has 0 aromatic carbocycles. The van der Waals surface area contributed by atoms with Crippen molar-refractivity contribution in [3.8, 4) is 11.3 Å². The first kappa shape index (κ1) is 21.2. The van der Waals surface area contributed by atoms with E-state index in [2.05, 4.69) is 68.5 Å². The van der Waals surface area contributed by atoms with Crippen LogP contribution in [-0.2, 0) is 0 Å². The van der Waals surface area contributed by atoms with Gasteiger partial charge in [-0.15, -0.1) is 0 Å². The predicted octanol–water partition coefficient (Wildman–Crippen LogP) is 2.77. The Balaban J connectivity index is 1.50. The number of nitrogens with one attached hydrogen (secondary N) is 4. The fourth-order valence-electron chi connectivity index (χ4n) is 5.87. The monoisotopic (exact) mass is 516 g/mol. The minimum absolute atomic E-state index is 0.837. The van der Waals surface area contributed by atoms with Crippen LogP contribution in [0.5, 0.6) is 0 Å². The number of hydrogen-bond acceptors (Lipinski definition) is 4. The molecule has 3 aliphatic heterocycles. The molecule has 4 N–H and O–H groups in total. The molecule has 8 bridgehead atoms. The van der Waals surface area contributed by atoms with Gasteiger partial charge in [0.15, 0.2) is 0 Å². The van der Waals surface area contributed by atoms with Crippen molar-refractivity contribution in [2.75, 3.05) is 0 Å². The Morgan fingerprint density at radius 3 is 1.90 bits per heavy atom. The van der Waals surface area contributed by atoms with E-state index in [1.54, 1.807) is 0 Å². The number of nitrogens with zero attached hydrogens (tertiary/aromatic N) is 4. The molecule has 8 heteroatoms. The molecule has 0 amide bonds. The van der Waals surface area contributed by atoms with E-state index < -0.39 is 0 Å². The van der Waals surface area contributed by atoms with E-state index in [0.29, 0.717) is 0 Å².